The molecule has 1 aliphatic heterocycles. The maximum atomic E-state index is 10.9. The summed E-state index contributed by atoms with van der Waals surface area (Å²) in [4.78, 5) is 10.9. The lowest BCUT2D eigenvalue weighted by Crippen LogP contribution is -2.22. The first-order valence-electron chi connectivity index (χ1n) is 6.14. The third kappa shape index (κ3) is 2.09. The molecule has 3 rings (SSSR count). The molecule has 0 radical (unpaired) electrons. The fourth-order valence-electron chi connectivity index (χ4n) is 2.30. The standard InChI is InChI=1S/C15H14O4/c1-15(18-7-8-19-15)12-4-2-3-11(9-12)13-5-6-17-14(13)10-16/h2-6,9-10H,7-8H2,1H3. The van der Waals surface area contributed by atoms with Gasteiger partial charge < -0.3 is 13.9 Å². The van der Waals surface area contributed by atoms with Crippen molar-refractivity contribution in [2.24, 2.45) is 0 Å². The van der Waals surface area contributed by atoms with E-state index in [2.05, 4.69) is 0 Å². The number of aldehydes is 1. The predicted molar refractivity (Wildman–Crippen MR) is 68.8 cm³/mol. The molecule has 1 aromatic heterocycles. The Bertz CT molecular complexity index is 594. The van der Waals surface area contributed by atoms with Gasteiger partial charge in [0.2, 0.25) is 0 Å². The maximum absolute atomic E-state index is 10.9. The summed E-state index contributed by atoms with van der Waals surface area (Å²) in [6, 6.07) is 9.54. The molecule has 98 valence electrons. The smallest absolute Gasteiger partial charge is 0.192 e. The van der Waals surface area contributed by atoms with Crippen LogP contribution < -0.4 is 0 Å². The van der Waals surface area contributed by atoms with Gasteiger partial charge in [-0.25, -0.2) is 0 Å². The van der Waals surface area contributed by atoms with Gasteiger partial charge in [0.1, 0.15) is 0 Å². The number of furan rings is 1. The van der Waals surface area contributed by atoms with Crippen LogP contribution in [0.4, 0.5) is 0 Å². The van der Waals surface area contributed by atoms with Crippen LogP contribution in [0.2, 0.25) is 0 Å². The van der Waals surface area contributed by atoms with E-state index in [1.165, 1.54) is 6.26 Å². The van der Waals surface area contributed by atoms with Crippen molar-refractivity contribution < 1.29 is 18.7 Å². The van der Waals surface area contributed by atoms with Gasteiger partial charge in [0, 0.05) is 11.1 Å². The quantitative estimate of drug-likeness (QED) is 0.794. The second-order valence-corrected chi connectivity index (χ2v) is 4.54. The van der Waals surface area contributed by atoms with Gasteiger partial charge in [-0.15, -0.1) is 0 Å². The third-order valence-corrected chi connectivity index (χ3v) is 3.34. The van der Waals surface area contributed by atoms with Crippen LogP contribution in [0.1, 0.15) is 23.0 Å². The monoisotopic (exact) mass is 258 g/mol. The molecule has 0 amide bonds. The lowest BCUT2D eigenvalue weighted by atomic mass is 10.00. The van der Waals surface area contributed by atoms with E-state index >= 15 is 0 Å². The van der Waals surface area contributed by atoms with E-state index in [0.29, 0.717) is 25.3 Å². The molecule has 2 aromatic rings. The summed E-state index contributed by atoms with van der Waals surface area (Å²) in [6.45, 7) is 3.08. The number of hydrogen-bond acceptors (Lipinski definition) is 4. The fraction of sp³-hybridized carbons (Fsp3) is 0.267. The molecule has 0 saturated carbocycles. The summed E-state index contributed by atoms with van der Waals surface area (Å²) < 4.78 is 16.4. The van der Waals surface area contributed by atoms with Crippen molar-refractivity contribution in [2.75, 3.05) is 13.2 Å². The lowest BCUT2D eigenvalue weighted by molar-refractivity contribution is -0.149. The van der Waals surface area contributed by atoms with E-state index < -0.39 is 5.79 Å². The Morgan fingerprint density at radius 1 is 1.21 bits per heavy atom. The molecule has 1 aromatic carbocycles. The second-order valence-electron chi connectivity index (χ2n) is 4.54. The number of ether oxygens (including phenoxy) is 2. The van der Waals surface area contributed by atoms with Crippen molar-refractivity contribution >= 4 is 6.29 Å². The highest BCUT2D eigenvalue weighted by molar-refractivity contribution is 5.84. The van der Waals surface area contributed by atoms with E-state index in [9.17, 15) is 4.79 Å². The molecule has 4 nitrogen and oxygen atoms in total. The molecule has 1 aliphatic rings. The summed E-state index contributed by atoms with van der Waals surface area (Å²) in [5.41, 5.74) is 2.62. The Kier molecular flexibility index (Phi) is 2.97. The van der Waals surface area contributed by atoms with Gasteiger partial charge in [-0.05, 0) is 24.6 Å². The molecular weight excluding hydrogens is 244 g/mol. The highest BCUT2D eigenvalue weighted by Crippen LogP contribution is 2.34. The zero-order valence-corrected chi connectivity index (χ0v) is 10.6. The van der Waals surface area contributed by atoms with Gasteiger partial charge in [-0.3, -0.25) is 4.79 Å². The number of rotatable bonds is 3. The van der Waals surface area contributed by atoms with Gasteiger partial charge in [0.05, 0.1) is 19.5 Å². The van der Waals surface area contributed by atoms with Crippen LogP contribution in [-0.2, 0) is 15.3 Å². The van der Waals surface area contributed by atoms with Crippen molar-refractivity contribution in [3.05, 3.63) is 47.9 Å². The molecule has 0 bridgehead atoms. The first-order chi connectivity index (χ1) is 9.23. The van der Waals surface area contributed by atoms with E-state index in [4.69, 9.17) is 13.9 Å². The summed E-state index contributed by atoms with van der Waals surface area (Å²) in [5.74, 6) is -0.378. The molecule has 0 spiro atoms. The minimum Gasteiger partial charge on any atom is -0.461 e. The molecule has 0 aliphatic carbocycles. The minimum atomic E-state index is -0.707. The normalized spacial score (nSPS) is 17.5. The third-order valence-electron chi connectivity index (χ3n) is 3.34. The zero-order valence-electron chi connectivity index (χ0n) is 10.6. The molecule has 2 heterocycles. The van der Waals surface area contributed by atoms with E-state index in [-0.39, 0.29) is 0 Å². The average molecular weight is 258 g/mol. The Morgan fingerprint density at radius 3 is 2.74 bits per heavy atom. The van der Waals surface area contributed by atoms with Gasteiger partial charge in [-0.1, -0.05) is 18.2 Å². The van der Waals surface area contributed by atoms with Gasteiger partial charge >= 0.3 is 0 Å². The number of carbonyl (C=O) groups is 1. The van der Waals surface area contributed by atoms with E-state index in [0.717, 1.165) is 16.7 Å². The summed E-state index contributed by atoms with van der Waals surface area (Å²) in [5, 5.41) is 0. The van der Waals surface area contributed by atoms with Crippen molar-refractivity contribution in [2.45, 2.75) is 12.7 Å². The Morgan fingerprint density at radius 2 is 2.00 bits per heavy atom. The Labute approximate surface area is 110 Å². The molecule has 1 fully saturated rings. The molecule has 0 atom stereocenters. The second kappa shape index (κ2) is 4.64. The van der Waals surface area contributed by atoms with Crippen LogP contribution in [0.25, 0.3) is 11.1 Å². The van der Waals surface area contributed by atoms with E-state index in [1.807, 2.05) is 31.2 Å². The fourth-order valence-corrected chi connectivity index (χ4v) is 2.30. The van der Waals surface area contributed by atoms with Crippen molar-refractivity contribution in [3.63, 3.8) is 0 Å². The molecule has 4 heteroatoms. The van der Waals surface area contributed by atoms with Crippen LogP contribution in [0, 0.1) is 0 Å². The molecule has 19 heavy (non-hydrogen) atoms. The van der Waals surface area contributed by atoms with Crippen molar-refractivity contribution in [1.82, 2.24) is 0 Å². The molecule has 0 unspecified atom stereocenters. The van der Waals surface area contributed by atoms with Crippen LogP contribution in [0.3, 0.4) is 0 Å². The van der Waals surface area contributed by atoms with Gasteiger partial charge in [0.15, 0.2) is 17.8 Å². The van der Waals surface area contributed by atoms with Gasteiger partial charge in [-0.2, -0.15) is 0 Å². The van der Waals surface area contributed by atoms with Gasteiger partial charge in [0.25, 0.3) is 0 Å². The SMILES string of the molecule is CC1(c2cccc(-c3ccoc3C=O)c2)OCCO1. The highest BCUT2D eigenvalue weighted by Gasteiger charge is 2.33. The van der Waals surface area contributed by atoms with Crippen LogP contribution in [-0.4, -0.2) is 19.5 Å². The largest absolute Gasteiger partial charge is 0.461 e. The van der Waals surface area contributed by atoms with Crippen molar-refractivity contribution in [3.8, 4) is 11.1 Å². The minimum absolute atomic E-state index is 0.329. The number of carbonyl (C=O) groups excluding carboxylic acids is 1. The number of benzene rings is 1. The molecule has 1 saturated heterocycles. The average Bonchev–Trinajstić information content (AvgIpc) is 3.08. The van der Waals surface area contributed by atoms with Crippen LogP contribution in [0.5, 0.6) is 0 Å². The molecular formula is C15H14O4. The van der Waals surface area contributed by atoms with Crippen molar-refractivity contribution in [1.29, 1.82) is 0 Å². The predicted octanol–water partition coefficient (Wildman–Crippen LogP) is 2.98. The maximum Gasteiger partial charge on any atom is 0.192 e. The molecule has 0 N–H and O–H groups in total. The number of hydrogen-bond donors (Lipinski definition) is 0. The first kappa shape index (κ1) is 12.1. The summed E-state index contributed by atoms with van der Waals surface area (Å²) in [7, 11) is 0. The highest BCUT2D eigenvalue weighted by atomic mass is 16.7. The van der Waals surface area contributed by atoms with Crippen LogP contribution in [0.15, 0.2) is 41.0 Å². The Hall–Kier alpha value is -1.91. The zero-order chi connectivity index (χ0) is 13.3. The first-order valence-corrected chi connectivity index (χ1v) is 6.14. The van der Waals surface area contributed by atoms with E-state index in [1.54, 1.807) is 6.07 Å². The van der Waals surface area contributed by atoms with Crippen LogP contribution >= 0.6 is 0 Å². The Balaban J connectivity index is 2.03. The lowest BCUT2D eigenvalue weighted by Gasteiger charge is -2.23. The summed E-state index contributed by atoms with van der Waals surface area (Å²) in [6.07, 6.45) is 2.22. The summed E-state index contributed by atoms with van der Waals surface area (Å²) >= 11 is 0. The topological polar surface area (TPSA) is 48.7 Å².